The first-order valence-corrected chi connectivity index (χ1v) is 9.07. The SMILES string of the molecule is CC(C)NCC(C)S(=O)(=O)N1CCc2sccc2C1. The molecule has 1 aromatic rings. The molecule has 6 heteroatoms. The van der Waals surface area contributed by atoms with Crippen LogP contribution in [-0.2, 0) is 23.0 Å². The summed E-state index contributed by atoms with van der Waals surface area (Å²) in [7, 11) is -3.20. The van der Waals surface area contributed by atoms with Crippen LogP contribution >= 0.6 is 11.3 Å². The number of rotatable bonds is 5. The molecule has 0 bridgehead atoms. The largest absolute Gasteiger partial charge is 0.313 e. The van der Waals surface area contributed by atoms with Crippen molar-refractivity contribution < 1.29 is 8.42 Å². The van der Waals surface area contributed by atoms with Gasteiger partial charge in [-0.3, -0.25) is 0 Å². The van der Waals surface area contributed by atoms with Gasteiger partial charge in [-0.2, -0.15) is 4.31 Å². The quantitative estimate of drug-likeness (QED) is 0.902. The molecule has 1 unspecified atom stereocenters. The van der Waals surface area contributed by atoms with Crippen LogP contribution in [0.1, 0.15) is 31.2 Å². The van der Waals surface area contributed by atoms with Gasteiger partial charge in [-0.15, -0.1) is 11.3 Å². The predicted octanol–water partition coefficient (Wildman–Crippen LogP) is 1.82. The van der Waals surface area contributed by atoms with E-state index in [0.29, 0.717) is 25.7 Å². The molecular formula is C13H22N2O2S2. The summed E-state index contributed by atoms with van der Waals surface area (Å²) in [5.74, 6) is 0. The second-order valence-electron chi connectivity index (χ2n) is 5.37. The lowest BCUT2D eigenvalue weighted by Gasteiger charge is -2.29. The Bertz CT molecular complexity index is 523. The lowest BCUT2D eigenvalue weighted by molar-refractivity contribution is 0.386. The highest BCUT2D eigenvalue weighted by Gasteiger charge is 2.31. The smallest absolute Gasteiger partial charge is 0.218 e. The Kier molecular flexibility index (Phi) is 4.66. The fourth-order valence-electron chi connectivity index (χ4n) is 2.20. The van der Waals surface area contributed by atoms with Crippen LogP contribution in [0.2, 0.25) is 0 Å². The van der Waals surface area contributed by atoms with Gasteiger partial charge in [0, 0.05) is 30.6 Å². The maximum absolute atomic E-state index is 12.5. The van der Waals surface area contributed by atoms with E-state index in [1.165, 1.54) is 10.4 Å². The lowest BCUT2D eigenvalue weighted by atomic mass is 10.1. The van der Waals surface area contributed by atoms with Crippen molar-refractivity contribution in [3.8, 4) is 0 Å². The van der Waals surface area contributed by atoms with Gasteiger partial charge in [0.15, 0.2) is 0 Å². The first-order chi connectivity index (χ1) is 8.91. The summed E-state index contributed by atoms with van der Waals surface area (Å²) in [6.07, 6.45) is 0.844. The standard InChI is InChI=1S/C13H22N2O2S2/c1-10(2)14-8-11(3)19(16,17)15-6-4-13-12(9-15)5-7-18-13/h5,7,10-11,14H,4,6,8-9H2,1-3H3. The van der Waals surface area contributed by atoms with E-state index in [1.807, 2.05) is 25.3 Å². The van der Waals surface area contributed by atoms with Crippen LogP contribution < -0.4 is 5.32 Å². The van der Waals surface area contributed by atoms with Crippen LogP contribution in [0.15, 0.2) is 11.4 Å². The van der Waals surface area contributed by atoms with E-state index in [9.17, 15) is 8.42 Å². The van der Waals surface area contributed by atoms with Crippen LogP contribution in [0, 0.1) is 0 Å². The summed E-state index contributed by atoms with van der Waals surface area (Å²) in [6, 6.07) is 2.35. The van der Waals surface area contributed by atoms with E-state index in [4.69, 9.17) is 0 Å². The Labute approximate surface area is 119 Å². The normalized spacial score (nSPS) is 18.5. The zero-order valence-corrected chi connectivity index (χ0v) is 13.4. The fraction of sp³-hybridized carbons (Fsp3) is 0.692. The van der Waals surface area contributed by atoms with Gasteiger partial charge in [-0.1, -0.05) is 13.8 Å². The molecular weight excluding hydrogens is 280 g/mol. The molecule has 0 saturated carbocycles. The summed E-state index contributed by atoms with van der Waals surface area (Å²) in [4.78, 5) is 1.33. The van der Waals surface area contributed by atoms with Crippen LogP contribution in [0.25, 0.3) is 0 Å². The summed E-state index contributed by atoms with van der Waals surface area (Å²) in [5, 5.41) is 4.87. The molecule has 2 heterocycles. The van der Waals surface area contributed by atoms with Crippen molar-refractivity contribution in [1.82, 2.24) is 9.62 Å². The van der Waals surface area contributed by atoms with Gasteiger partial charge >= 0.3 is 0 Å². The molecule has 0 aromatic carbocycles. The average molecular weight is 302 g/mol. The molecule has 1 aromatic heterocycles. The van der Waals surface area contributed by atoms with Crippen molar-refractivity contribution in [2.75, 3.05) is 13.1 Å². The third-order valence-electron chi connectivity index (χ3n) is 3.45. The number of sulfonamides is 1. The van der Waals surface area contributed by atoms with Gasteiger partial charge in [-0.05, 0) is 30.4 Å². The second-order valence-corrected chi connectivity index (χ2v) is 8.72. The second kappa shape index (κ2) is 5.91. The van der Waals surface area contributed by atoms with Crippen LogP contribution in [0.3, 0.4) is 0 Å². The van der Waals surface area contributed by atoms with Gasteiger partial charge in [0.05, 0.1) is 5.25 Å². The highest BCUT2D eigenvalue weighted by Crippen LogP contribution is 2.26. The van der Waals surface area contributed by atoms with Gasteiger partial charge < -0.3 is 5.32 Å². The summed E-state index contributed by atoms with van der Waals surface area (Å²) in [5.41, 5.74) is 1.17. The Hall–Kier alpha value is -0.430. The molecule has 0 radical (unpaired) electrons. The highest BCUT2D eigenvalue weighted by atomic mass is 32.2. The topological polar surface area (TPSA) is 49.4 Å². The van der Waals surface area contributed by atoms with E-state index in [0.717, 1.165) is 6.42 Å². The molecule has 19 heavy (non-hydrogen) atoms. The van der Waals surface area contributed by atoms with Crippen molar-refractivity contribution in [2.24, 2.45) is 0 Å². The molecule has 1 N–H and O–H groups in total. The van der Waals surface area contributed by atoms with Gasteiger partial charge in [0.1, 0.15) is 0 Å². The molecule has 1 aliphatic rings. The first kappa shape index (κ1) is 15.0. The molecule has 0 saturated heterocycles. The Morgan fingerprint density at radius 2 is 2.16 bits per heavy atom. The number of hydrogen-bond acceptors (Lipinski definition) is 4. The summed E-state index contributed by atoms with van der Waals surface area (Å²) < 4.78 is 26.7. The van der Waals surface area contributed by atoms with Gasteiger partial charge in [0.2, 0.25) is 10.0 Å². The van der Waals surface area contributed by atoms with E-state index in [-0.39, 0.29) is 5.25 Å². The molecule has 1 atom stereocenters. The molecule has 0 fully saturated rings. The summed E-state index contributed by atoms with van der Waals surface area (Å²) in [6.45, 7) is 7.49. The summed E-state index contributed by atoms with van der Waals surface area (Å²) >= 11 is 1.73. The average Bonchev–Trinajstić information content (AvgIpc) is 2.82. The van der Waals surface area contributed by atoms with Crippen LogP contribution in [0.5, 0.6) is 0 Å². The highest BCUT2D eigenvalue weighted by molar-refractivity contribution is 7.89. The minimum absolute atomic E-state index is 0.308. The number of hydrogen-bond donors (Lipinski definition) is 1. The van der Waals surface area contributed by atoms with Gasteiger partial charge in [-0.25, -0.2) is 8.42 Å². The zero-order chi connectivity index (χ0) is 14.0. The molecule has 0 amide bonds. The van der Waals surface area contributed by atoms with E-state index >= 15 is 0 Å². The maximum atomic E-state index is 12.5. The van der Waals surface area contributed by atoms with Crippen molar-refractivity contribution in [3.63, 3.8) is 0 Å². The number of nitrogens with one attached hydrogen (secondary N) is 1. The Morgan fingerprint density at radius 1 is 1.42 bits per heavy atom. The predicted molar refractivity (Wildman–Crippen MR) is 80.0 cm³/mol. The first-order valence-electron chi connectivity index (χ1n) is 6.69. The minimum Gasteiger partial charge on any atom is -0.313 e. The van der Waals surface area contributed by atoms with Crippen molar-refractivity contribution in [3.05, 3.63) is 21.9 Å². The minimum atomic E-state index is -3.20. The zero-order valence-electron chi connectivity index (χ0n) is 11.7. The van der Waals surface area contributed by atoms with Gasteiger partial charge in [0.25, 0.3) is 0 Å². The molecule has 0 spiro atoms. The monoisotopic (exact) mass is 302 g/mol. The molecule has 4 nitrogen and oxygen atoms in total. The van der Waals surface area contributed by atoms with Crippen molar-refractivity contribution in [2.45, 2.75) is 45.0 Å². The molecule has 1 aliphatic heterocycles. The number of thiophene rings is 1. The Balaban J connectivity index is 2.04. The third-order valence-corrected chi connectivity index (χ3v) is 6.69. The maximum Gasteiger partial charge on any atom is 0.218 e. The third kappa shape index (κ3) is 3.37. The van der Waals surface area contributed by atoms with Crippen LogP contribution in [-0.4, -0.2) is 37.1 Å². The van der Waals surface area contributed by atoms with Crippen molar-refractivity contribution in [1.29, 1.82) is 0 Å². The van der Waals surface area contributed by atoms with Crippen molar-refractivity contribution >= 4 is 21.4 Å². The van der Waals surface area contributed by atoms with E-state index < -0.39 is 10.0 Å². The number of nitrogens with zero attached hydrogens (tertiary/aromatic N) is 1. The molecule has 108 valence electrons. The Morgan fingerprint density at radius 3 is 2.84 bits per heavy atom. The fourth-order valence-corrected chi connectivity index (χ4v) is 4.57. The number of fused-ring (bicyclic) bond motifs is 1. The molecule has 2 rings (SSSR count). The van der Waals surface area contributed by atoms with Crippen LogP contribution in [0.4, 0.5) is 0 Å². The molecule has 0 aliphatic carbocycles. The van der Waals surface area contributed by atoms with E-state index in [2.05, 4.69) is 5.32 Å². The van der Waals surface area contributed by atoms with E-state index in [1.54, 1.807) is 22.6 Å². The lowest BCUT2D eigenvalue weighted by Crippen LogP contribution is -2.44.